The molecule has 1 aromatic heterocycles. The Kier molecular flexibility index (Phi) is 2.51. The van der Waals surface area contributed by atoms with Crippen molar-refractivity contribution in [2.75, 3.05) is 0 Å². The Morgan fingerprint density at radius 3 is 2.87 bits per heavy atom. The quantitative estimate of drug-likeness (QED) is 0.858. The molecule has 0 bridgehead atoms. The number of halogens is 1. The van der Waals surface area contributed by atoms with E-state index < -0.39 is 0 Å². The average molecular weight is 264 g/mol. The van der Waals surface area contributed by atoms with Crippen molar-refractivity contribution in [1.82, 2.24) is 4.57 Å². The van der Waals surface area contributed by atoms with Crippen molar-refractivity contribution < 1.29 is 0 Å². The third-order valence-corrected chi connectivity index (χ3v) is 3.08. The number of benzene rings is 1. The Hall–Kier alpha value is -1.31. The summed E-state index contributed by atoms with van der Waals surface area (Å²) >= 11 is 3.42. The maximum atomic E-state index is 9.10. The van der Waals surface area contributed by atoms with Gasteiger partial charge in [0.2, 0.25) is 0 Å². The third-order valence-electron chi connectivity index (χ3n) is 2.59. The molecule has 0 aliphatic carbocycles. The van der Waals surface area contributed by atoms with Gasteiger partial charge in [-0.3, -0.25) is 0 Å². The minimum absolute atomic E-state index is 0.381. The maximum absolute atomic E-state index is 9.10. The Morgan fingerprint density at radius 1 is 1.53 bits per heavy atom. The summed E-state index contributed by atoms with van der Waals surface area (Å²) in [5.74, 6) is 0. The summed E-state index contributed by atoms with van der Waals surface area (Å²) in [7, 11) is 1.93. The summed E-state index contributed by atoms with van der Waals surface area (Å²) < 4.78 is 2.97. The number of rotatable bonds is 1. The smallest absolute Gasteiger partial charge is 0.102 e. The zero-order valence-electron chi connectivity index (χ0n) is 8.29. The fourth-order valence-electron chi connectivity index (χ4n) is 1.83. The number of nitrogens with two attached hydrogens (primary N) is 1. The lowest BCUT2D eigenvalue weighted by Gasteiger charge is -2.00. The van der Waals surface area contributed by atoms with Crippen LogP contribution in [0.5, 0.6) is 0 Å². The van der Waals surface area contributed by atoms with Gasteiger partial charge in [0.25, 0.3) is 0 Å². The van der Waals surface area contributed by atoms with E-state index >= 15 is 0 Å². The van der Waals surface area contributed by atoms with Crippen molar-refractivity contribution in [1.29, 1.82) is 5.26 Å². The van der Waals surface area contributed by atoms with Gasteiger partial charge in [0.05, 0.1) is 16.8 Å². The van der Waals surface area contributed by atoms with Crippen LogP contribution in [-0.2, 0) is 13.6 Å². The van der Waals surface area contributed by atoms with Crippen molar-refractivity contribution in [3.8, 4) is 6.07 Å². The standard InChI is InChI=1S/C11H10BrN3/c1-15-10-4-7(12)2-3-8(10)9(5-13)11(15)6-14/h2-4H,6,14H2,1H3. The Balaban J connectivity index is 2.92. The van der Waals surface area contributed by atoms with Crippen molar-refractivity contribution in [2.45, 2.75) is 6.54 Å². The number of nitriles is 1. The van der Waals surface area contributed by atoms with Crippen LogP contribution in [0.4, 0.5) is 0 Å². The van der Waals surface area contributed by atoms with E-state index in [1.54, 1.807) is 0 Å². The number of fused-ring (bicyclic) bond motifs is 1. The topological polar surface area (TPSA) is 54.7 Å². The van der Waals surface area contributed by atoms with Crippen LogP contribution in [-0.4, -0.2) is 4.57 Å². The van der Waals surface area contributed by atoms with Gasteiger partial charge in [0.15, 0.2) is 0 Å². The van der Waals surface area contributed by atoms with Gasteiger partial charge < -0.3 is 10.3 Å². The molecule has 1 heterocycles. The molecule has 15 heavy (non-hydrogen) atoms. The van der Waals surface area contributed by atoms with E-state index in [4.69, 9.17) is 11.0 Å². The summed E-state index contributed by atoms with van der Waals surface area (Å²) in [5, 5.41) is 10.1. The van der Waals surface area contributed by atoms with Crippen LogP contribution in [0.3, 0.4) is 0 Å². The molecule has 2 aromatic rings. The van der Waals surface area contributed by atoms with Gasteiger partial charge in [-0.1, -0.05) is 22.0 Å². The number of aryl methyl sites for hydroxylation is 1. The molecule has 2 N–H and O–H groups in total. The van der Waals surface area contributed by atoms with Gasteiger partial charge >= 0.3 is 0 Å². The first-order chi connectivity index (χ1) is 7.19. The zero-order valence-corrected chi connectivity index (χ0v) is 9.87. The molecular formula is C11H10BrN3. The summed E-state index contributed by atoms with van der Waals surface area (Å²) in [6.07, 6.45) is 0. The van der Waals surface area contributed by atoms with Gasteiger partial charge in [-0.2, -0.15) is 5.26 Å². The zero-order chi connectivity index (χ0) is 11.0. The average Bonchev–Trinajstić information content (AvgIpc) is 2.51. The van der Waals surface area contributed by atoms with Crippen LogP contribution in [0.2, 0.25) is 0 Å². The Labute approximate surface area is 96.2 Å². The van der Waals surface area contributed by atoms with E-state index in [1.165, 1.54) is 0 Å². The molecule has 0 aliphatic heterocycles. The van der Waals surface area contributed by atoms with E-state index in [-0.39, 0.29) is 0 Å². The first-order valence-electron chi connectivity index (χ1n) is 4.56. The van der Waals surface area contributed by atoms with Crippen LogP contribution in [0.1, 0.15) is 11.3 Å². The van der Waals surface area contributed by atoms with Gasteiger partial charge in [-0.05, 0) is 12.1 Å². The highest BCUT2D eigenvalue weighted by atomic mass is 79.9. The highest BCUT2D eigenvalue weighted by Gasteiger charge is 2.13. The third kappa shape index (κ3) is 1.44. The van der Waals surface area contributed by atoms with Crippen LogP contribution < -0.4 is 5.73 Å². The molecule has 0 aliphatic rings. The molecule has 0 saturated heterocycles. The molecule has 0 fully saturated rings. The molecule has 1 aromatic carbocycles. The predicted octanol–water partition coefficient (Wildman–Crippen LogP) is 2.27. The summed E-state index contributed by atoms with van der Waals surface area (Å²) in [6, 6.07) is 8.08. The van der Waals surface area contributed by atoms with Crippen molar-refractivity contribution in [2.24, 2.45) is 12.8 Å². The van der Waals surface area contributed by atoms with Crippen LogP contribution >= 0.6 is 15.9 Å². The minimum atomic E-state index is 0.381. The number of aromatic nitrogens is 1. The van der Waals surface area contributed by atoms with Crippen molar-refractivity contribution in [3.05, 3.63) is 33.9 Å². The van der Waals surface area contributed by atoms with Crippen molar-refractivity contribution in [3.63, 3.8) is 0 Å². The molecule has 4 heteroatoms. The monoisotopic (exact) mass is 263 g/mol. The Bertz CT molecular complexity index is 563. The molecule has 0 atom stereocenters. The molecule has 0 radical (unpaired) electrons. The predicted molar refractivity (Wildman–Crippen MR) is 63.2 cm³/mol. The van der Waals surface area contributed by atoms with E-state index in [9.17, 15) is 0 Å². The van der Waals surface area contributed by atoms with Gasteiger partial charge in [0, 0.05) is 23.5 Å². The fourth-order valence-corrected chi connectivity index (χ4v) is 2.18. The molecule has 2 rings (SSSR count). The second-order valence-corrected chi connectivity index (χ2v) is 4.27. The lowest BCUT2D eigenvalue weighted by Crippen LogP contribution is -2.04. The number of hydrogen-bond donors (Lipinski definition) is 1. The van der Waals surface area contributed by atoms with Crippen LogP contribution in [0, 0.1) is 11.3 Å². The van der Waals surface area contributed by atoms with Crippen LogP contribution in [0.15, 0.2) is 22.7 Å². The number of hydrogen-bond acceptors (Lipinski definition) is 2. The van der Waals surface area contributed by atoms with E-state index in [0.29, 0.717) is 12.1 Å². The van der Waals surface area contributed by atoms with Crippen molar-refractivity contribution >= 4 is 26.8 Å². The maximum Gasteiger partial charge on any atom is 0.102 e. The van der Waals surface area contributed by atoms with Gasteiger partial charge in [-0.25, -0.2) is 0 Å². The second kappa shape index (κ2) is 3.69. The lowest BCUT2D eigenvalue weighted by molar-refractivity contribution is 0.846. The minimum Gasteiger partial charge on any atom is -0.345 e. The highest BCUT2D eigenvalue weighted by molar-refractivity contribution is 9.10. The molecule has 0 amide bonds. The van der Waals surface area contributed by atoms with Crippen LogP contribution in [0.25, 0.3) is 10.9 Å². The molecule has 76 valence electrons. The molecule has 0 spiro atoms. The Morgan fingerprint density at radius 2 is 2.27 bits per heavy atom. The molecular weight excluding hydrogens is 254 g/mol. The lowest BCUT2D eigenvalue weighted by atomic mass is 10.1. The van der Waals surface area contributed by atoms with Gasteiger partial charge in [-0.15, -0.1) is 0 Å². The first-order valence-corrected chi connectivity index (χ1v) is 5.35. The largest absolute Gasteiger partial charge is 0.345 e. The highest BCUT2D eigenvalue weighted by Crippen LogP contribution is 2.27. The molecule has 3 nitrogen and oxygen atoms in total. The SMILES string of the molecule is Cn1c(CN)c(C#N)c2ccc(Br)cc21. The normalized spacial score (nSPS) is 10.5. The second-order valence-electron chi connectivity index (χ2n) is 3.36. The van der Waals surface area contributed by atoms with E-state index in [0.717, 1.165) is 21.1 Å². The summed E-state index contributed by atoms with van der Waals surface area (Å²) in [6.45, 7) is 0.381. The first kappa shape index (κ1) is 10.2. The molecule has 0 unspecified atom stereocenters. The van der Waals surface area contributed by atoms with E-state index in [2.05, 4.69) is 22.0 Å². The molecule has 0 saturated carbocycles. The van der Waals surface area contributed by atoms with E-state index in [1.807, 2.05) is 29.8 Å². The summed E-state index contributed by atoms with van der Waals surface area (Å²) in [4.78, 5) is 0. The fraction of sp³-hybridized carbons (Fsp3) is 0.182. The van der Waals surface area contributed by atoms with Gasteiger partial charge in [0.1, 0.15) is 6.07 Å². The number of nitrogens with zero attached hydrogens (tertiary/aromatic N) is 2. The summed E-state index contributed by atoms with van der Waals surface area (Å²) in [5.41, 5.74) is 8.24.